The van der Waals surface area contributed by atoms with Crippen molar-refractivity contribution in [2.24, 2.45) is 5.92 Å². The number of nitrogens with one attached hydrogen (secondary N) is 2. The minimum absolute atomic E-state index is 0.200. The van der Waals surface area contributed by atoms with Crippen LogP contribution in [0.4, 0.5) is 0 Å². The average Bonchev–Trinajstić information content (AvgIpc) is 2.66. The van der Waals surface area contributed by atoms with E-state index in [4.69, 9.17) is 4.74 Å². The van der Waals surface area contributed by atoms with Gasteiger partial charge in [-0.15, -0.1) is 0 Å². The van der Waals surface area contributed by atoms with Gasteiger partial charge in [0.15, 0.2) is 6.10 Å². The van der Waals surface area contributed by atoms with Gasteiger partial charge in [0.2, 0.25) is 5.91 Å². The minimum atomic E-state index is -0.864. The van der Waals surface area contributed by atoms with Crippen LogP contribution in [0.1, 0.15) is 44.6 Å². The third-order valence-corrected chi connectivity index (χ3v) is 4.60. The predicted molar refractivity (Wildman–Crippen MR) is 98.3 cm³/mol. The minimum Gasteiger partial charge on any atom is -0.451 e. The molecule has 1 fully saturated rings. The van der Waals surface area contributed by atoms with E-state index >= 15 is 0 Å². The van der Waals surface area contributed by atoms with Crippen molar-refractivity contribution < 1.29 is 19.1 Å². The molecule has 0 heterocycles. The maximum atomic E-state index is 12.0. The monoisotopic (exact) mass is 360 g/mol. The van der Waals surface area contributed by atoms with Crippen LogP contribution in [0.2, 0.25) is 0 Å². The van der Waals surface area contributed by atoms with Crippen LogP contribution in [0.5, 0.6) is 0 Å². The molecule has 1 aromatic carbocycles. The lowest BCUT2D eigenvalue weighted by Gasteiger charge is -2.22. The highest BCUT2D eigenvalue weighted by molar-refractivity contribution is 5.86. The molecule has 0 radical (unpaired) electrons. The Morgan fingerprint density at radius 2 is 1.77 bits per heavy atom. The molecule has 0 bridgehead atoms. The largest absolute Gasteiger partial charge is 0.451 e. The van der Waals surface area contributed by atoms with Gasteiger partial charge >= 0.3 is 5.97 Å². The van der Waals surface area contributed by atoms with Crippen molar-refractivity contribution in [1.82, 2.24) is 10.6 Å². The summed E-state index contributed by atoms with van der Waals surface area (Å²) in [7, 11) is 0. The second kappa shape index (κ2) is 10.6. The Morgan fingerprint density at radius 1 is 1.08 bits per heavy atom. The summed E-state index contributed by atoms with van der Waals surface area (Å²) < 4.78 is 5.09. The summed E-state index contributed by atoms with van der Waals surface area (Å²) >= 11 is 0. The van der Waals surface area contributed by atoms with E-state index in [-0.39, 0.29) is 24.8 Å². The van der Waals surface area contributed by atoms with Gasteiger partial charge in [-0.25, -0.2) is 0 Å². The fourth-order valence-corrected chi connectivity index (χ4v) is 3.09. The van der Waals surface area contributed by atoms with Gasteiger partial charge < -0.3 is 15.4 Å². The normalized spacial score (nSPS) is 15.7. The molecule has 1 atom stereocenters. The van der Waals surface area contributed by atoms with E-state index in [0.717, 1.165) is 18.4 Å². The molecule has 0 saturated heterocycles. The van der Waals surface area contributed by atoms with E-state index in [0.29, 0.717) is 12.5 Å². The summed E-state index contributed by atoms with van der Waals surface area (Å²) in [4.78, 5) is 35.6. The Morgan fingerprint density at radius 3 is 2.46 bits per heavy atom. The van der Waals surface area contributed by atoms with Crippen molar-refractivity contribution in [2.75, 3.05) is 13.1 Å². The van der Waals surface area contributed by atoms with Gasteiger partial charge in [-0.3, -0.25) is 14.4 Å². The molecule has 1 aliphatic rings. The van der Waals surface area contributed by atoms with Crippen LogP contribution in [0.3, 0.4) is 0 Å². The first kappa shape index (κ1) is 19.9. The second-order valence-electron chi connectivity index (χ2n) is 6.82. The highest BCUT2D eigenvalue weighted by Crippen LogP contribution is 2.22. The van der Waals surface area contributed by atoms with Gasteiger partial charge in [-0.05, 0) is 31.2 Å². The third-order valence-electron chi connectivity index (χ3n) is 4.60. The lowest BCUT2D eigenvalue weighted by Crippen LogP contribution is -2.40. The van der Waals surface area contributed by atoms with Crippen molar-refractivity contribution in [3.05, 3.63) is 35.9 Å². The van der Waals surface area contributed by atoms with Crippen LogP contribution in [0.25, 0.3) is 0 Å². The topological polar surface area (TPSA) is 84.5 Å². The number of esters is 1. The predicted octanol–water partition coefficient (Wildman–Crippen LogP) is 1.97. The van der Waals surface area contributed by atoms with E-state index in [9.17, 15) is 14.4 Å². The van der Waals surface area contributed by atoms with Gasteiger partial charge in [-0.2, -0.15) is 0 Å². The van der Waals surface area contributed by atoms with E-state index in [1.165, 1.54) is 19.3 Å². The van der Waals surface area contributed by atoms with Crippen molar-refractivity contribution in [3.8, 4) is 0 Å². The summed E-state index contributed by atoms with van der Waals surface area (Å²) in [6.07, 6.45) is 5.32. The Hall–Kier alpha value is -2.37. The van der Waals surface area contributed by atoms with E-state index < -0.39 is 12.1 Å². The maximum absolute atomic E-state index is 12.0. The number of rotatable bonds is 8. The van der Waals surface area contributed by atoms with Crippen molar-refractivity contribution in [1.29, 1.82) is 0 Å². The first-order chi connectivity index (χ1) is 12.5. The first-order valence-corrected chi connectivity index (χ1v) is 9.32. The molecule has 0 aromatic heterocycles. The third kappa shape index (κ3) is 7.25. The highest BCUT2D eigenvalue weighted by atomic mass is 16.5. The van der Waals surface area contributed by atoms with Crippen LogP contribution in [0.15, 0.2) is 30.3 Å². The smallest absolute Gasteiger partial charge is 0.326 e. The molecule has 26 heavy (non-hydrogen) atoms. The fourth-order valence-electron chi connectivity index (χ4n) is 3.09. The van der Waals surface area contributed by atoms with Crippen LogP contribution in [0, 0.1) is 5.92 Å². The molecular weight excluding hydrogens is 332 g/mol. The van der Waals surface area contributed by atoms with Gasteiger partial charge in [0.1, 0.15) is 6.54 Å². The highest BCUT2D eigenvalue weighted by Gasteiger charge is 2.20. The van der Waals surface area contributed by atoms with Crippen molar-refractivity contribution in [3.63, 3.8) is 0 Å². The molecule has 1 saturated carbocycles. The van der Waals surface area contributed by atoms with Gasteiger partial charge in [-0.1, -0.05) is 49.6 Å². The zero-order valence-corrected chi connectivity index (χ0v) is 15.3. The molecule has 1 aromatic rings. The summed E-state index contributed by atoms with van der Waals surface area (Å²) in [5, 5.41) is 5.37. The number of benzene rings is 1. The fraction of sp³-hybridized carbons (Fsp3) is 0.550. The molecule has 6 heteroatoms. The summed E-state index contributed by atoms with van der Waals surface area (Å²) in [5.41, 5.74) is 0.869. The zero-order chi connectivity index (χ0) is 18.8. The van der Waals surface area contributed by atoms with Gasteiger partial charge in [0, 0.05) is 6.54 Å². The van der Waals surface area contributed by atoms with Crippen molar-refractivity contribution in [2.45, 2.75) is 51.6 Å². The number of carbonyl (C=O) groups is 3. The number of amides is 2. The molecule has 0 aliphatic heterocycles. The second-order valence-corrected chi connectivity index (χ2v) is 6.82. The maximum Gasteiger partial charge on any atom is 0.326 e. The lowest BCUT2D eigenvalue weighted by atomic mass is 9.89. The molecule has 1 unspecified atom stereocenters. The Balaban J connectivity index is 1.62. The van der Waals surface area contributed by atoms with E-state index in [1.807, 2.05) is 30.3 Å². The number of hydrogen-bond acceptors (Lipinski definition) is 4. The SMILES string of the molecule is CC(OC(=O)CNC(=O)Cc1ccccc1)C(=O)NCC1CCCCC1. The number of hydrogen-bond donors (Lipinski definition) is 2. The zero-order valence-electron chi connectivity index (χ0n) is 15.3. The molecule has 2 rings (SSSR count). The lowest BCUT2D eigenvalue weighted by molar-refractivity contribution is -0.154. The van der Waals surface area contributed by atoms with E-state index in [2.05, 4.69) is 10.6 Å². The molecule has 1 aliphatic carbocycles. The van der Waals surface area contributed by atoms with Crippen LogP contribution in [-0.2, 0) is 25.5 Å². The van der Waals surface area contributed by atoms with Gasteiger partial charge in [0.05, 0.1) is 6.42 Å². The number of ether oxygens (including phenoxy) is 1. The van der Waals surface area contributed by atoms with Crippen LogP contribution in [-0.4, -0.2) is 37.0 Å². The Kier molecular flexibility index (Phi) is 8.12. The van der Waals surface area contributed by atoms with Crippen molar-refractivity contribution >= 4 is 17.8 Å². The quantitative estimate of drug-likeness (QED) is 0.694. The van der Waals surface area contributed by atoms with Crippen LogP contribution < -0.4 is 10.6 Å². The first-order valence-electron chi connectivity index (χ1n) is 9.32. The molecule has 6 nitrogen and oxygen atoms in total. The summed E-state index contributed by atoms with van der Waals surface area (Å²) in [6, 6.07) is 9.27. The van der Waals surface area contributed by atoms with Crippen LogP contribution >= 0.6 is 0 Å². The van der Waals surface area contributed by atoms with Gasteiger partial charge in [0.25, 0.3) is 5.91 Å². The Labute approximate surface area is 154 Å². The molecule has 0 spiro atoms. The molecule has 2 amide bonds. The molecule has 142 valence electrons. The number of carbonyl (C=O) groups excluding carboxylic acids is 3. The van der Waals surface area contributed by atoms with E-state index in [1.54, 1.807) is 6.92 Å². The molecular formula is C20H28N2O4. The Bertz CT molecular complexity index is 597. The molecule has 2 N–H and O–H groups in total. The standard InChI is InChI=1S/C20H28N2O4/c1-15(20(25)22-13-17-10-6-3-7-11-17)26-19(24)14-21-18(23)12-16-8-4-2-5-9-16/h2,4-5,8-9,15,17H,3,6-7,10-14H2,1H3,(H,21,23)(H,22,25). The summed E-state index contributed by atoms with van der Waals surface area (Å²) in [6.45, 7) is 1.93. The average molecular weight is 360 g/mol. The summed E-state index contributed by atoms with van der Waals surface area (Å²) in [5.74, 6) is -0.651.